The third kappa shape index (κ3) is 5.40. The first-order chi connectivity index (χ1) is 10.8. The molecule has 0 fully saturated rings. The number of benzene rings is 1. The summed E-state index contributed by atoms with van der Waals surface area (Å²) < 4.78 is 1.92. The van der Waals surface area contributed by atoms with E-state index in [1.54, 1.807) is 12.5 Å². The molecule has 0 spiro atoms. The van der Waals surface area contributed by atoms with Crippen LogP contribution >= 0.6 is 0 Å². The number of imidazole rings is 1. The smallest absolute Gasteiger partial charge is 0.303 e. The van der Waals surface area contributed by atoms with Crippen LogP contribution in [-0.4, -0.2) is 32.9 Å². The maximum Gasteiger partial charge on any atom is 0.303 e. The van der Waals surface area contributed by atoms with Crippen LogP contribution in [0.15, 0.2) is 54.2 Å². The molecular weight excluding hydrogens is 282 g/mol. The van der Waals surface area contributed by atoms with Gasteiger partial charge in [0, 0.05) is 24.4 Å². The summed E-state index contributed by atoms with van der Waals surface area (Å²) in [6.45, 7) is 0.979. The molecule has 0 aliphatic rings. The van der Waals surface area contributed by atoms with Gasteiger partial charge in [0.2, 0.25) is 0 Å². The van der Waals surface area contributed by atoms with Crippen molar-refractivity contribution in [3.05, 3.63) is 54.6 Å². The molecule has 6 heteroatoms. The van der Waals surface area contributed by atoms with E-state index in [2.05, 4.69) is 10.1 Å². The Morgan fingerprint density at radius 2 is 2.09 bits per heavy atom. The van der Waals surface area contributed by atoms with Crippen LogP contribution in [0.2, 0.25) is 0 Å². The number of carboxylic acid groups (broad SMARTS) is 1. The van der Waals surface area contributed by atoms with E-state index in [9.17, 15) is 4.79 Å². The highest BCUT2D eigenvalue weighted by Crippen LogP contribution is 2.05. The molecule has 1 aromatic carbocycles. The van der Waals surface area contributed by atoms with Crippen molar-refractivity contribution in [3.63, 3.8) is 0 Å². The van der Waals surface area contributed by atoms with Gasteiger partial charge in [-0.1, -0.05) is 35.5 Å². The Balaban J connectivity index is 1.92. The monoisotopic (exact) mass is 301 g/mol. The van der Waals surface area contributed by atoms with Gasteiger partial charge in [-0.05, 0) is 12.8 Å². The van der Waals surface area contributed by atoms with Gasteiger partial charge in [0.05, 0.1) is 12.9 Å². The van der Waals surface area contributed by atoms with Crippen LogP contribution in [0.25, 0.3) is 0 Å². The number of carboxylic acids is 1. The zero-order valence-electron chi connectivity index (χ0n) is 12.3. The van der Waals surface area contributed by atoms with E-state index >= 15 is 0 Å². The number of carbonyl (C=O) groups is 1. The van der Waals surface area contributed by atoms with Crippen molar-refractivity contribution in [1.82, 2.24) is 9.55 Å². The second-order valence-electron chi connectivity index (χ2n) is 4.82. The number of oxime groups is 1. The van der Waals surface area contributed by atoms with Crippen molar-refractivity contribution >= 4 is 11.7 Å². The van der Waals surface area contributed by atoms with Crippen molar-refractivity contribution in [2.24, 2.45) is 5.16 Å². The Morgan fingerprint density at radius 1 is 1.27 bits per heavy atom. The van der Waals surface area contributed by atoms with Crippen LogP contribution in [0.4, 0.5) is 0 Å². The van der Waals surface area contributed by atoms with E-state index in [0.29, 0.717) is 26.0 Å². The molecule has 116 valence electrons. The van der Waals surface area contributed by atoms with E-state index in [-0.39, 0.29) is 6.42 Å². The molecule has 0 atom stereocenters. The predicted octanol–water partition coefficient (Wildman–Crippen LogP) is 2.56. The lowest BCUT2D eigenvalue weighted by Gasteiger charge is -2.08. The first kappa shape index (κ1) is 15.8. The third-order valence-electron chi connectivity index (χ3n) is 3.05. The number of aromatic nitrogens is 2. The van der Waals surface area contributed by atoms with E-state index in [1.165, 1.54) is 0 Å². The van der Waals surface area contributed by atoms with Crippen LogP contribution in [0, 0.1) is 0 Å². The number of rotatable bonds is 9. The third-order valence-corrected chi connectivity index (χ3v) is 3.05. The predicted molar refractivity (Wildman–Crippen MR) is 82.6 cm³/mol. The van der Waals surface area contributed by atoms with Crippen LogP contribution in [-0.2, 0) is 16.2 Å². The fraction of sp³-hybridized carbons (Fsp3) is 0.312. The zero-order valence-corrected chi connectivity index (χ0v) is 12.3. The molecule has 1 N–H and O–H groups in total. The Labute approximate surface area is 129 Å². The van der Waals surface area contributed by atoms with E-state index in [4.69, 9.17) is 9.94 Å². The molecule has 1 aromatic heterocycles. The molecular formula is C16H19N3O3. The Morgan fingerprint density at radius 3 is 2.77 bits per heavy atom. The van der Waals surface area contributed by atoms with Gasteiger partial charge < -0.3 is 14.5 Å². The second-order valence-corrected chi connectivity index (χ2v) is 4.82. The molecule has 0 bridgehead atoms. The van der Waals surface area contributed by atoms with Crippen LogP contribution in [0.1, 0.15) is 24.8 Å². The topological polar surface area (TPSA) is 76.7 Å². The number of hydrogen-bond acceptors (Lipinski definition) is 4. The highest BCUT2D eigenvalue weighted by Gasteiger charge is 2.05. The van der Waals surface area contributed by atoms with E-state index in [1.807, 2.05) is 41.1 Å². The highest BCUT2D eigenvalue weighted by molar-refractivity contribution is 6.00. The number of hydrogen-bond donors (Lipinski definition) is 1. The van der Waals surface area contributed by atoms with Crippen LogP contribution < -0.4 is 0 Å². The Kier molecular flexibility index (Phi) is 6.17. The molecule has 0 saturated carbocycles. The molecule has 0 aliphatic carbocycles. The fourth-order valence-corrected chi connectivity index (χ4v) is 1.92. The van der Waals surface area contributed by atoms with Gasteiger partial charge in [0.25, 0.3) is 0 Å². The number of aliphatic carboxylic acids is 1. The van der Waals surface area contributed by atoms with Gasteiger partial charge in [-0.25, -0.2) is 4.98 Å². The Hall–Kier alpha value is -2.63. The lowest BCUT2D eigenvalue weighted by molar-refractivity contribution is -0.137. The number of unbranched alkanes of at least 4 members (excludes halogenated alkanes) is 1. The highest BCUT2D eigenvalue weighted by atomic mass is 16.6. The normalized spacial score (nSPS) is 11.4. The lowest BCUT2D eigenvalue weighted by atomic mass is 10.1. The van der Waals surface area contributed by atoms with Crippen molar-refractivity contribution in [1.29, 1.82) is 0 Å². The number of nitrogens with zero attached hydrogens (tertiary/aromatic N) is 3. The first-order valence-electron chi connectivity index (χ1n) is 7.17. The van der Waals surface area contributed by atoms with Crippen LogP contribution in [0.3, 0.4) is 0 Å². The minimum atomic E-state index is -0.784. The summed E-state index contributed by atoms with van der Waals surface area (Å²) in [5.74, 6) is -0.784. The molecule has 0 unspecified atom stereocenters. The minimum absolute atomic E-state index is 0.160. The largest absolute Gasteiger partial charge is 0.481 e. The summed E-state index contributed by atoms with van der Waals surface area (Å²) in [4.78, 5) is 19.8. The summed E-state index contributed by atoms with van der Waals surface area (Å²) in [7, 11) is 0. The summed E-state index contributed by atoms with van der Waals surface area (Å²) in [6.07, 6.45) is 6.73. The maximum atomic E-state index is 10.4. The molecule has 6 nitrogen and oxygen atoms in total. The second kappa shape index (κ2) is 8.61. The van der Waals surface area contributed by atoms with Crippen LogP contribution in [0.5, 0.6) is 0 Å². The zero-order chi connectivity index (χ0) is 15.6. The van der Waals surface area contributed by atoms with E-state index in [0.717, 1.165) is 11.3 Å². The molecule has 2 rings (SSSR count). The average Bonchev–Trinajstić information content (AvgIpc) is 3.03. The quantitative estimate of drug-likeness (QED) is 0.439. The molecule has 2 aromatic rings. The summed E-state index contributed by atoms with van der Waals surface area (Å²) >= 11 is 0. The summed E-state index contributed by atoms with van der Waals surface area (Å²) in [5.41, 5.74) is 1.79. The molecule has 22 heavy (non-hydrogen) atoms. The van der Waals surface area contributed by atoms with Crippen molar-refractivity contribution in [2.45, 2.75) is 25.8 Å². The van der Waals surface area contributed by atoms with Gasteiger partial charge in [0.1, 0.15) is 12.3 Å². The molecule has 0 amide bonds. The minimum Gasteiger partial charge on any atom is -0.481 e. The van der Waals surface area contributed by atoms with Gasteiger partial charge >= 0.3 is 5.97 Å². The summed E-state index contributed by atoms with van der Waals surface area (Å²) in [5, 5.41) is 12.8. The van der Waals surface area contributed by atoms with Gasteiger partial charge in [0.15, 0.2) is 0 Å². The van der Waals surface area contributed by atoms with Gasteiger partial charge in [-0.15, -0.1) is 0 Å². The summed E-state index contributed by atoms with van der Waals surface area (Å²) in [6, 6.07) is 9.80. The Bertz CT molecular complexity index is 594. The van der Waals surface area contributed by atoms with Crippen molar-refractivity contribution < 1.29 is 14.7 Å². The molecule has 0 aliphatic heterocycles. The standard InChI is InChI=1S/C16H19N3O3/c20-16(21)8-4-5-11-22-18-15(12-19-10-9-17-13-19)14-6-2-1-3-7-14/h1-3,6-7,9-10,13H,4-5,8,11-12H2,(H,20,21)/b18-15-. The van der Waals surface area contributed by atoms with Crippen molar-refractivity contribution in [2.75, 3.05) is 6.61 Å². The maximum absolute atomic E-state index is 10.4. The van der Waals surface area contributed by atoms with Crippen molar-refractivity contribution in [3.8, 4) is 0 Å². The fourth-order valence-electron chi connectivity index (χ4n) is 1.92. The SMILES string of the molecule is O=C(O)CCCCO/N=C(/Cn1ccnc1)c1ccccc1. The van der Waals surface area contributed by atoms with E-state index < -0.39 is 5.97 Å². The molecule has 1 heterocycles. The first-order valence-corrected chi connectivity index (χ1v) is 7.17. The average molecular weight is 301 g/mol. The lowest BCUT2D eigenvalue weighted by Crippen LogP contribution is -2.11. The van der Waals surface area contributed by atoms with Gasteiger partial charge in [-0.2, -0.15) is 0 Å². The molecule has 0 radical (unpaired) electrons. The van der Waals surface area contributed by atoms with Gasteiger partial charge in [-0.3, -0.25) is 4.79 Å². The molecule has 0 saturated heterocycles.